The molecule has 30 heavy (non-hydrogen) atoms. The number of nitrogens with two attached hydrogens (primary N) is 1. The van der Waals surface area contributed by atoms with Crippen LogP contribution in [0.1, 0.15) is 11.1 Å². The van der Waals surface area contributed by atoms with Crippen LogP contribution in [0.4, 0.5) is 5.69 Å². The van der Waals surface area contributed by atoms with Gasteiger partial charge in [-0.3, -0.25) is 4.79 Å². The maximum Gasteiger partial charge on any atom is 0.250 e. The molecule has 0 atom stereocenters. The van der Waals surface area contributed by atoms with Gasteiger partial charge >= 0.3 is 0 Å². The molecule has 0 unspecified atom stereocenters. The Morgan fingerprint density at radius 2 is 1.70 bits per heavy atom. The highest BCUT2D eigenvalue weighted by molar-refractivity contribution is 14.0. The molecule has 0 aliphatic rings. The van der Waals surface area contributed by atoms with Gasteiger partial charge in [0.05, 0.1) is 27.3 Å². The first kappa shape index (κ1) is 23.3. The fraction of sp³-hybridized carbons (Fsp3) is 0.182. The average molecular weight is 520 g/mol. The summed E-state index contributed by atoms with van der Waals surface area (Å²) in [6.07, 6.45) is 1.78. The van der Waals surface area contributed by atoms with Gasteiger partial charge in [0.25, 0.3) is 5.56 Å². The van der Waals surface area contributed by atoms with Gasteiger partial charge in [-0.15, -0.1) is 24.0 Å². The van der Waals surface area contributed by atoms with Crippen LogP contribution in [-0.2, 0) is 13.1 Å². The highest BCUT2D eigenvalue weighted by Crippen LogP contribution is 2.29. The summed E-state index contributed by atoms with van der Waals surface area (Å²) in [6, 6.07) is 18.5. The molecule has 1 aromatic heterocycles. The Hall–Kier alpha value is -3.01. The Morgan fingerprint density at radius 1 is 1.00 bits per heavy atom. The third-order valence-corrected chi connectivity index (χ3v) is 4.36. The second-order valence-corrected chi connectivity index (χ2v) is 6.38. The van der Waals surface area contributed by atoms with Crippen LogP contribution in [-0.4, -0.2) is 24.7 Å². The Morgan fingerprint density at radius 3 is 2.37 bits per heavy atom. The summed E-state index contributed by atoms with van der Waals surface area (Å²) >= 11 is 0. The minimum atomic E-state index is -0.0183. The molecule has 0 saturated heterocycles. The van der Waals surface area contributed by atoms with E-state index in [0.29, 0.717) is 30.5 Å². The number of nitrogens with zero attached hydrogens (tertiary/aromatic N) is 2. The van der Waals surface area contributed by atoms with E-state index in [1.165, 1.54) is 0 Å². The Balaban J connectivity index is 0.00000320. The molecule has 0 saturated carbocycles. The highest BCUT2D eigenvalue weighted by Gasteiger charge is 2.05. The molecule has 8 heteroatoms. The molecule has 3 N–H and O–H groups in total. The first-order valence-electron chi connectivity index (χ1n) is 9.11. The Bertz CT molecular complexity index is 1050. The van der Waals surface area contributed by atoms with E-state index in [4.69, 9.17) is 15.2 Å². The Kier molecular flexibility index (Phi) is 8.72. The number of rotatable bonds is 7. The van der Waals surface area contributed by atoms with Crippen LogP contribution in [0.25, 0.3) is 0 Å². The first-order chi connectivity index (χ1) is 14.1. The summed E-state index contributed by atoms with van der Waals surface area (Å²) in [5.41, 5.74) is 8.80. The molecule has 3 rings (SSSR count). The minimum Gasteiger partial charge on any atom is -0.493 e. The summed E-state index contributed by atoms with van der Waals surface area (Å²) in [6.45, 7) is 0.976. The minimum absolute atomic E-state index is 0. The predicted octanol–water partition coefficient (Wildman–Crippen LogP) is 3.46. The second-order valence-electron chi connectivity index (χ2n) is 6.38. The number of aromatic nitrogens is 1. The van der Waals surface area contributed by atoms with Gasteiger partial charge < -0.3 is 25.1 Å². The van der Waals surface area contributed by atoms with Crippen LogP contribution in [0, 0.1) is 0 Å². The van der Waals surface area contributed by atoms with Crippen molar-refractivity contribution in [3.05, 3.63) is 88.3 Å². The molecule has 7 nitrogen and oxygen atoms in total. The van der Waals surface area contributed by atoms with Crippen LogP contribution in [0.5, 0.6) is 11.5 Å². The van der Waals surface area contributed by atoms with E-state index in [2.05, 4.69) is 10.3 Å². The number of benzene rings is 2. The smallest absolute Gasteiger partial charge is 0.250 e. The van der Waals surface area contributed by atoms with E-state index in [9.17, 15) is 4.79 Å². The van der Waals surface area contributed by atoms with Crippen molar-refractivity contribution in [3.63, 3.8) is 0 Å². The van der Waals surface area contributed by atoms with E-state index < -0.39 is 0 Å². The van der Waals surface area contributed by atoms with E-state index in [1.54, 1.807) is 49.2 Å². The summed E-state index contributed by atoms with van der Waals surface area (Å²) in [5, 5.41) is 3.04. The third-order valence-electron chi connectivity index (χ3n) is 4.36. The van der Waals surface area contributed by atoms with Gasteiger partial charge in [0.2, 0.25) is 0 Å². The number of ether oxygens (including phenoxy) is 2. The largest absolute Gasteiger partial charge is 0.493 e. The average Bonchev–Trinajstić information content (AvgIpc) is 2.74. The number of anilines is 1. The third kappa shape index (κ3) is 6.24. The van der Waals surface area contributed by atoms with Crippen LogP contribution >= 0.6 is 24.0 Å². The van der Waals surface area contributed by atoms with E-state index >= 15 is 0 Å². The predicted molar refractivity (Wildman–Crippen MR) is 130 cm³/mol. The first-order valence-corrected chi connectivity index (χ1v) is 9.11. The van der Waals surface area contributed by atoms with Crippen LogP contribution in [0.2, 0.25) is 0 Å². The number of hydrogen-bond acceptors (Lipinski definition) is 4. The van der Waals surface area contributed by atoms with Crippen molar-refractivity contribution in [3.8, 4) is 11.5 Å². The second kappa shape index (κ2) is 11.2. The summed E-state index contributed by atoms with van der Waals surface area (Å²) in [7, 11) is 3.17. The molecule has 0 bridgehead atoms. The highest BCUT2D eigenvalue weighted by atomic mass is 127. The lowest BCUT2D eigenvalue weighted by atomic mass is 10.1. The van der Waals surface area contributed by atoms with Gasteiger partial charge in [0, 0.05) is 24.0 Å². The zero-order valence-electron chi connectivity index (χ0n) is 16.9. The SMILES string of the molecule is COc1ccc(NC(N)=NCc2ccc(Cn3ccccc3=O)cc2)cc1OC.I. The van der Waals surface area contributed by atoms with Crippen molar-refractivity contribution in [2.24, 2.45) is 10.7 Å². The quantitative estimate of drug-likeness (QED) is 0.283. The van der Waals surface area contributed by atoms with Crippen molar-refractivity contribution in [1.82, 2.24) is 4.57 Å². The fourth-order valence-electron chi connectivity index (χ4n) is 2.82. The number of pyridine rings is 1. The number of methoxy groups -OCH3 is 2. The van der Waals surface area contributed by atoms with Gasteiger partial charge in [-0.25, -0.2) is 4.99 Å². The molecule has 0 aliphatic carbocycles. The lowest BCUT2D eigenvalue weighted by Gasteiger charge is -2.11. The van der Waals surface area contributed by atoms with Gasteiger partial charge in [0.15, 0.2) is 17.5 Å². The standard InChI is InChI=1S/C22H24N4O3.HI/c1-28-19-11-10-18(13-20(19)29-2)25-22(23)24-14-16-6-8-17(9-7-16)15-26-12-4-3-5-21(26)27;/h3-13H,14-15H2,1-2H3,(H3,23,24,25);1H. The van der Waals surface area contributed by atoms with Crippen molar-refractivity contribution < 1.29 is 9.47 Å². The van der Waals surface area contributed by atoms with Crippen molar-refractivity contribution in [2.75, 3.05) is 19.5 Å². The molecule has 1 heterocycles. The van der Waals surface area contributed by atoms with Crippen LogP contribution in [0.15, 0.2) is 76.6 Å². The van der Waals surface area contributed by atoms with Crippen molar-refractivity contribution >= 4 is 35.6 Å². The number of halogens is 1. The topological polar surface area (TPSA) is 90.9 Å². The summed E-state index contributed by atoms with van der Waals surface area (Å²) in [4.78, 5) is 16.2. The van der Waals surface area contributed by atoms with Gasteiger partial charge in [-0.1, -0.05) is 30.3 Å². The molecule has 2 aromatic carbocycles. The number of aliphatic imine (C=N–C) groups is 1. The number of nitrogens with one attached hydrogen (secondary N) is 1. The lowest BCUT2D eigenvalue weighted by molar-refractivity contribution is 0.355. The van der Waals surface area contributed by atoms with Crippen LogP contribution in [0.3, 0.4) is 0 Å². The normalized spacial score (nSPS) is 10.8. The van der Waals surface area contributed by atoms with Crippen molar-refractivity contribution in [1.29, 1.82) is 0 Å². The summed E-state index contributed by atoms with van der Waals surface area (Å²) in [5.74, 6) is 1.56. The molecular weight excluding hydrogens is 495 g/mol. The molecule has 0 amide bonds. The zero-order valence-corrected chi connectivity index (χ0v) is 19.2. The maximum atomic E-state index is 11.8. The van der Waals surface area contributed by atoms with Crippen molar-refractivity contribution in [2.45, 2.75) is 13.1 Å². The molecular formula is C22H25IN4O3. The van der Waals surface area contributed by atoms with Gasteiger partial charge in [-0.2, -0.15) is 0 Å². The van der Waals surface area contributed by atoms with Gasteiger partial charge in [-0.05, 0) is 29.3 Å². The lowest BCUT2D eigenvalue weighted by Crippen LogP contribution is -2.22. The fourth-order valence-corrected chi connectivity index (χ4v) is 2.82. The molecule has 158 valence electrons. The number of hydrogen-bond donors (Lipinski definition) is 2. The molecule has 0 radical (unpaired) electrons. The van der Waals surface area contributed by atoms with E-state index in [1.807, 2.05) is 36.4 Å². The van der Waals surface area contributed by atoms with Crippen LogP contribution < -0.4 is 26.1 Å². The Labute approximate surface area is 192 Å². The molecule has 3 aromatic rings. The molecule has 0 aliphatic heterocycles. The monoisotopic (exact) mass is 520 g/mol. The number of guanidine groups is 1. The zero-order chi connectivity index (χ0) is 20.6. The van der Waals surface area contributed by atoms with Gasteiger partial charge in [0.1, 0.15) is 0 Å². The van der Waals surface area contributed by atoms with E-state index in [-0.39, 0.29) is 29.5 Å². The molecule has 0 fully saturated rings. The molecule has 0 spiro atoms. The maximum absolute atomic E-state index is 11.8. The summed E-state index contributed by atoms with van der Waals surface area (Å²) < 4.78 is 12.2. The van der Waals surface area contributed by atoms with E-state index in [0.717, 1.165) is 16.8 Å².